The van der Waals surface area contributed by atoms with Crippen molar-refractivity contribution in [2.24, 2.45) is 0 Å². The summed E-state index contributed by atoms with van der Waals surface area (Å²) >= 11 is 0. The lowest BCUT2D eigenvalue weighted by Gasteiger charge is -2.11. The molecule has 86 valence electrons. The van der Waals surface area contributed by atoms with Gasteiger partial charge in [-0.25, -0.2) is 4.39 Å². The van der Waals surface area contributed by atoms with Gasteiger partial charge in [0.2, 0.25) is 0 Å². The molecule has 16 heavy (non-hydrogen) atoms. The molecule has 6 nitrogen and oxygen atoms in total. The number of carbonyl (C=O) groups is 1. The van der Waals surface area contributed by atoms with Gasteiger partial charge >= 0.3 is 0 Å². The molecular formula is C9H10FN3O3. The third-order valence-electron chi connectivity index (χ3n) is 1.95. The Labute approximate surface area is 90.6 Å². The van der Waals surface area contributed by atoms with E-state index in [1.807, 2.05) is 0 Å². The van der Waals surface area contributed by atoms with Crippen LogP contribution in [0.4, 0.5) is 15.8 Å². The van der Waals surface area contributed by atoms with E-state index in [0.717, 1.165) is 11.0 Å². The monoisotopic (exact) mass is 227 g/mol. The van der Waals surface area contributed by atoms with E-state index in [4.69, 9.17) is 5.73 Å². The van der Waals surface area contributed by atoms with E-state index >= 15 is 0 Å². The Balaban J connectivity index is 3.42. The van der Waals surface area contributed by atoms with Crippen molar-refractivity contribution in [2.75, 3.05) is 19.8 Å². The molecule has 0 aromatic heterocycles. The summed E-state index contributed by atoms with van der Waals surface area (Å²) in [4.78, 5) is 22.5. The van der Waals surface area contributed by atoms with Gasteiger partial charge in [0.05, 0.1) is 16.7 Å². The lowest BCUT2D eigenvalue weighted by molar-refractivity contribution is -0.385. The van der Waals surface area contributed by atoms with Crippen molar-refractivity contribution in [3.05, 3.63) is 33.6 Å². The van der Waals surface area contributed by atoms with Gasteiger partial charge in [-0.3, -0.25) is 14.9 Å². The highest BCUT2D eigenvalue weighted by Gasteiger charge is 2.23. The lowest BCUT2D eigenvalue weighted by atomic mass is 10.1. The van der Waals surface area contributed by atoms with Crippen LogP contribution in [0.5, 0.6) is 0 Å². The largest absolute Gasteiger partial charge is 0.396 e. The number of halogens is 1. The van der Waals surface area contributed by atoms with Crippen LogP contribution in [0.2, 0.25) is 0 Å². The van der Waals surface area contributed by atoms with Crippen LogP contribution >= 0.6 is 0 Å². The zero-order valence-electron chi connectivity index (χ0n) is 8.73. The smallest absolute Gasteiger partial charge is 0.285 e. The Kier molecular flexibility index (Phi) is 3.07. The summed E-state index contributed by atoms with van der Waals surface area (Å²) in [5.74, 6) is -1.51. The molecule has 0 aliphatic heterocycles. The highest BCUT2D eigenvalue weighted by Crippen LogP contribution is 2.25. The Hall–Kier alpha value is -2.18. The van der Waals surface area contributed by atoms with E-state index in [9.17, 15) is 19.3 Å². The van der Waals surface area contributed by atoms with Gasteiger partial charge in [0.25, 0.3) is 11.6 Å². The number of nitrogens with zero attached hydrogens (tertiary/aromatic N) is 2. The van der Waals surface area contributed by atoms with Gasteiger partial charge in [-0.2, -0.15) is 0 Å². The third kappa shape index (κ3) is 2.08. The molecule has 0 aliphatic rings. The minimum Gasteiger partial charge on any atom is -0.396 e. The summed E-state index contributed by atoms with van der Waals surface area (Å²) in [5, 5.41) is 10.6. The molecule has 2 N–H and O–H groups in total. The van der Waals surface area contributed by atoms with E-state index in [1.54, 1.807) is 0 Å². The maximum Gasteiger partial charge on any atom is 0.285 e. The van der Waals surface area contributed by atoms with Gasteiger partial charge in [0.15, 0.2) is 5.82 Å². The number of amides is 1. The van der Waals surface area contributed by atoms with Gasteiger partial charge in [0, 0.05) is 14.1 Å². The minimum atomic E-state index is -0.915. The number of benzene rings is 1. The predicted octanol–water partition coefficient (Wildman–Crippen LogP) is 1.02. The van der Waals surface area contributed by atoms with Gasteiger partial charge in [0.1, 0.15) is 5.56 Å². The molecule has 7 heteroatoms. The molecule has 0 aliphatic carbocycles. The van der Waals surface area contributed by atoms with Crippen molar-refractivity contribution in [1.82, 2.24) is 4.90 Å². The van der Waals surface area contributed by atoms with E-state index in [0.29, 0.717) is 6.07 Å². The number of nitrogens with two attached hydrogens (primary N) is 1. The van der Waals surface area contributed by atoms with Crippen LogP contribution in [0.1, 0.15) is 10.4 Å². The average molecular weight is 227 g/mol. The van der Waals surface area contributed by atoms with Crippen LogP contribution in [0, 0.1) is 15.9 Å². The summed E-state index contributed by atoms with van der Waals surface area (Å²) < 4.78 is 13.0. The zero-order chi connectivity index (χ0) is 12.5. The number of anilines is 1. The summed E-state index contributed by atoms with van der Waals surface area (Å²) in [6.07, 6.45) is 0. The second-order valence-electron chi connectivity index (χ2n) is 3.35. The number of rotatable bonds is 2. The Bertz CT molecular complexity index is 460. The van der Waals surface area contributed by atoms with Crippen LogP contribution in [0.15, 0.2) is 12.1 Å². The molecule has 0 unspecified atom stereocenters. The molecule has 0 radical (unpaired) electrons. The van der Waals surface area contributed by atoms with Crippen molar-refractivity contribution in [3.63, 3.8) is 0 Å². The number of nitrogen functional groups attached to an aromatic ring is 1. The summed E-state index contributed by atoms with van der Waals surface area (Å²) in [6, 6.07) is 1.61. The lowest BCUT2D eigenvalue weighted by Crippen LogP contribution is -2.23. The quantitative estimate of drug-likeness (QED) is 0.464. The van der Waals surface area contributed by atoms with E-state index in [-0.39, 0.29) is 11.3 Å². The highest BCUT2D eigenvalue weighted by atomic mass is 19.1. The average Bonchev–Trinajstić information content (AvgIpc) is 2.19. The first kappa shape index (κ1) is 11.9. The van der Waals surface area contributed by atoms with E-state index in [2.05, 4.69) is 0 Å². The molecule has 1 amide bonds. The number of hydrogen-bond acceptors (Lipinski definition) is 4. The van der Waals surface area contributed by atoms with Crippen molar-refractivity contribution in [3.8, 4) is 0 Å². The molecule has 1 rings (SSSR count). The maximum atomic E-state index is 13.0. The number of nitro groups is 1. The molecule has 0 spiro atoms. The first-order chi connectivity index (χ1) is 7.34. The molecule has 0 bridgehead atoms. The van der Waals surface area contributed by atoms with Crippen LogP contribution in [0.3, 0.4) is 0 Å². The molecule has 0 saturated carbocycles. The predicted molar refractivity (Wildman–Crippen MR) is 55.5 cm³/mol. The van der Waals surface area contributed by atoms with Crippen LogP contribution in [-0.2, 0) is 0 Å². The Morgan fingerprint density at radius 1 is 1.50 bits per heavy atom. The maximum absolute atomic E-state index is 13.0. The Morgan fingerprint density at radius 3 is 2.50 bits per heavy atom. The molecule has 0 fully saturated rings. The van der Waals surface area contributed by atoms with Crippen molar-refractivity contribution in [1.29, 1.82) is 0 Å². The normalized spacial score (nSPS) is 9.94. The molecule has 0 atom stereocenters. The van der Waals surface area contributed by atoms with E-state index < -0.39 is 22.3 Å². The third-order valence-corrected chi connectivity index (χ3v) is 1.95. The molecule has 0 heterocycles. The van der Waals surface area contributed by atoms with Gasteiger partial charge in [-0.1, -0.05) is 0 Å². The molecule has 1 aromatic rings. The number of carbonyl (C=O) groups excluding carboxylic acids is 1. The minimum absolute atomic E-state index is 0.228. The topological polar surface area (TPSA) is 89.5 Å². The SMILES string of the molecule is CN(C)C(=O)c1cc(N)c(F)cc1[N+](=O)[O-]. The first-order valence-corrected chi connectivity index (χ1v) is 4.29. The van der Waals surface area contributed by atoms with Gasteiger partial charge in [-0.15, -0.1) is 0 Å². The molecular weight excluding hydrogens is 217 g/mol. The van der Waals surface area contributed by atoms with Gasteiger partial charge in [-0.05, 0) is 6.07 Å². The van der Waals surface area contributed by atoms with Crippen molar-refractivity contribution < 1.29 is 14.1 Å². The second kappa shape index (κ2) is 4.13. The Morgan fingerprint density at radius 2 is 2.06 bits per heavy atom. The second-order valence-corrected chi connectivity index (χ2v) is 3.35. The van der Waals surface area contributed by atoms with Crippen molar-refractivity contribution >= 4 is 17.3 Å². The molecule has 0 saturated heterocycles. The first-order valence-electron chi connectivity index (χ1n) is 4.29. The van der Waals surface area contributed by atoms with Gasteiger partial charge < -0.3 is 10.6 Å². The summed E-state index contributed by atoms with van der Waals surface area (Å²) in [6.45, 7) is 0. The van der Waals surface area contributed by atoms with Crippen LogP contribution in [-0.4, -0.2) is 29.8 Å². The fraction of sp³-hybridized carbons (Fsp3) is 0.222. The van der Waals surface area contributed by atoms with Crippen LogP contribution in [0.25, 0.3) is 0 Å². The number of nitro benzene ring substituents is 1. The van der Waals surface area contributed by atoms with E-state index in [1.165, 1.54) is 14.1 Å². The number of hydrogen-bond donors (Lipinski definition) is 1. The fourth-order valence-electron chi connectivity index (χ4n) is 1.14. The zero-order valence-corrected chi connectivity index (χ0v) is 8.73. The standard InChI is InChI=1S/C9H10FN3O3/c1-12(2)9(14)5-3-7(11)6(10)4-8(5)13(15)16/h3-4H,11H2,1-2H3. The summed E-state index contributed by atoms with van der Waals surface area (Å²) in [5.41, 5.74) is 4.14. The summed E-state index contributed by atoms with van der Waals surface area (Å²) in [7, 11) is 2.87. The fourth-order valence-corrected chi connectivity index (χ4v) is 1.14. The molecule has 1 aromatic carbocycles. The van der Waals surface area contributed by atoms with Crippen LogP contribution < -0.4 is 5.73 Å². The highest BCUT2D eigenvalue weighted by molar-refractivity contribution is 5.98. The van der Waals surface area contributed by atoms with Crippen molar-refractivity contribution in [2.45, 2.75) is 0 Å².